The summed E-state index contributed by atoms with van der Waals surface area (Å²) in [5.41, 5.74) is 2.55. The number of hydrogen-bond donors (Lipinski definition) is 1. The smallest absolute Gasteiger partial charge is 0.251 e. The molecule has 3 aromatic rings. The number of para-hydroxylation sites is 1. The van der Waals surface area contributed by atoms with Crippen molar-refractivity contribution in [2.75, 3.05) is 13.2 Å². The van der Waals surface area contributed by atoms with Crippen LogP contribution in [0.2, 0.25) is 0 Å². The molecule has 1 N–H and O–H groups in total. The molecule has 0 saturated carbocycles. The first-order chi connectivity index (χ1) is 12.8. The number of amides is 1. The van der Waals surface area contributed by atoms with E-state index in [-0.39, 0.29) is 5.91 Å². The van der Waals surface area contributed by atoms with Crippen molar-refractivity contribution >= 4 is 5.91 Å². The molecule has 0 saturated heterocycles. The molecular weight excluding hydrogens is 330 g/mol. The van der Waals surface area contributed by atoms with Gasteiger partial charge < -0.3 is 19.4 Å². The second-order valence-corrected chi connectivity index (χ2v) is 5.99. The highest BCUT2D eigenvalue weighted by Crippen LogP contribution is 2.30. The van der Waals surface area contributed by atoms with Crippen LogP contribution in [-0.4, -0.2) is 28.7 Å². The number of rotatable bonds is 4. The van der Waals surface area contributed by atoms with Gasteiger partial charge in [0, 0.05) is 30.9 Å². The van der Waals surface area contributed by atoms with E-state index in [9.17, 15) is 4.79 Å². The summed E-state index contributed by atoms with van der Waals surface area (Å²) in [7, 11) is 0. The van der Waals surface area contributed by atoms with Crippen molar-refractivity contribution in [3.63, 3.8) is 0 Å². The lowest BCUT2D eigenvalue weighted by atomic mass is 10.1. The third kappa shape index (κ3) is 3.39. The monoisotopic (exact) mass is 349 g/mol. The zero-order valence-corrected chi connectivity index (χ0v) is 14.2. The van der Waals surface area contributed by atoms with E-state index < -0.39 is 0 Å². The molecule has 1 aromatic heterocycles. The quantitative estimate of drug-likeness (QED) is 0.786. The minimum Gasteiger partial charge on any atom is -0.490 e. The van der Waals surface area contributed by atoms with Crippen LogP contribution in [0.15, 0.2) is 61.2 Å². The van der Waals surface area contributed by atoms with E-state index in [1.165, 1.54) is 0 Å². The molecule has 1 aliphatic rings. The first kappa shape index (κ1) is 16.2. The van der Waals surface area contributed by atoms with Crippen LogP contribution >= 0.6 is 0 Å². The summed E-state index contributed by atoms with van der Waals surface area (Å²) in [5, 5.41) is 2.97. The lowest BCUT2D eigenvalue weighted by Crippen LogP contribution is -2.23. The number of imidazole rings is 1. The Kier molecular flexibility index (Phi) is 4.55. The van der Waals surface area contributed by atoms with Gasteiger partial charge in [0.05, 0.1) is 25.2 Å². The highest BCUT2D eigenvalue weighted by Gasteiger charge is 2.14. The van der Waals surface area contributed by atoms with Gasteiger partial charge in [0.15, 0.2) is 11.5 Å². The number of ether oxygens (including phenoxy) is 2. The lowest BCUT2D eigenvalue weighted by Gasteiger charge is -2.12. The van der Waals surface area contributed by atoms with E-state index in [1.54, 1.807) is 30.7 Å². The first-order valence-electron chi connectivity index (χ1n) is 8.55. The van der Waals surface area contributed by atoms with Crippen molar-refractivity contribution in [3.05, 3.63) is 72.3 Å². The molecule has 0 atom stereocenters. The number of benzene rings is 2. The average Bonchev–Trinajstić information content (AvgIpc) is 3.11. The predicted octanol–water partition coefficient (Wildman–Crippen LogP) is 2.96. The number of carbonyl (C=O) groups is 1. The van der Waals surface area contributed by atoms with E-state index in [0.29, 0.717) is 36.8 Å². The molecule has 1 amide bonds. The minimum atomic E-state index is -0.152. The van der Waals surface area contributed by atoms with E-state index in [4.69, 9.17) is 9.47 Å². The summed E-state index contributed by atoms with van der Waals surface area (Å²) in [6.45, 7) is 1.64. The average molecular weight is 349 g/mol. The molecular formula is C20H19N3O3. The van der Waals surface area contributed by atoms with Gasteiger partial charge in [0.2, 0.25) is 0 Å². The number of nitrogens with zero attached hydrogens (tertiary/aromatic N) is 2. The van der Waals surface area contributed by atoms with Gasteiger partial charge in [0.25, 0.3) is 5.91 Å². The largest absolute Gasteiger partial charge is 0.490 e. The van der Waals surface area contributed by atoms with E-state index >= 15 is 0 Å². The standard InChI is InChI=1S/C20H19N3O3/c24-20(15-6-7-18-19(12-15)26-11-3-10-25-18)22-13-16-4-1-2-5-17(16)23-9-8-21-14-23/h1-2,4-9,12,14H,3,10-11,13H2,(H,22,24). The molecule has 0 bridgehead atoms. The van der Waals surface area contributed by atoms with Crippen molar-refractivity contribution < 1.29 is 14.3 Å². The zero-order chi connectivity index (χ0) is 17.8. The molecule has 1 aliphatic heterocycles. The van der Waals surface area contributed by atoms with Crippen LogP contribution in [-0.2, 0) is 6.54 Å². The van der Waals surface area contributed by atoms with Crippen LogP contribution in [0.1, 0.15) is 22.3 Å². The molecule has 6 nitrogen and oxygen atoms in total. The molecule has 0 radical (unpaired) electrons. The summed E-state index contributed by atoms with van der Waals surface area (Å²) in [4.78, 5) is 16.6. The van der Waals surface area contributed by atoms with Crippen molar-refractivity contribution in [3.8, 4) is 17.2 Å². The zero-order valence-electron chi connectivity index (χ0n) is 14.2. The van der Waals surface area contributed by atoms with Crippen LogP contribution in [0.4, 0.5) is 0 Å². The SMILES string of the molecule is O=C(NCc1ccccc1-n1ccnc1)c1ccc2c(c1)OCCCO2. The fraction of sp³-hybridized carbons (Fsp3) is 0.200. The van der Waals surface area contributed by atoms with Crippen molar-refractivity contribution in [2.24, 2.45) is 0 Å². The first-order valence-corrected chi connectivity index (χ1v) is 8.55. The third-order valence-electron chi connectivity index (χ3n) is 4.22. The number of aromatic nitrogens is 2. The molecule has 0 unspecified atom stereocenters. The topological polar surface area (TPSA) is 65.4 Å². The highest BCUT2D eigenvalue weighted by molar-refractivity contribution is 5.94. The van der Waals surface area contributed by atoms with Gasteiger partial charge >= 0.3 is 0 Å². The van der Waals surface area contributed by atoms with Crippen molar-refractivity contribution in [1.82, 2.24) is 14.9 Å². The van der Waals surface area contributed by atoms with Gasteiger partial charge in [0.1, 0.15) is 0 Å². The summed E-state index contributed by atoms with van der Waals surface area (Å²) in [5.74, 6) is 1.15. The molecule has 0 fully saturated rings. The highest BCUT2D eigenvalue weighted by atomic mass is 16.5. The van der Waals surface area contributed by atoms with Gasteiger partial charge in [-0.2, -0.15) is 0 Å². The molecule has 6 heteroatoms. The molecule has 0 aliphatic carbocycles. The van der Waals surface area contributed by atoms with Gasteiger partial charge in [-0.05, 0) is 29.8 Å². The lowest BCUT2D eigenvalue weighted by molar-refractivity contribution is 0.0950. The van der Waals surface area contributed by atoms with Gasteiger partial charge in [-0.15, -0.1) is 0 Å². The Hall–Kier alpha value is -3.28. The maximum Gasteiger partial charge on any atom is 0.251 e. The number of hydrogen-bond acceptors (Lipinski definition) is 4. The van der Waals surface area contributed by atoms with Gasteiger partial charge in [-0.25, -0.2) is 4.98 Å². The molecule has 132 valence electrons. The number of nitrogens with one attached hydrogen (secondary N) is 1. The van der Waals surface area contributed by atoms with Crippen LogP contribution in [0.25, 0.3) is 5.69 Å². The predicted molar refractivity (Wildman–Crippen MR) is 96.8 cm³/mol. The van der Waals surface area contributed by atoms with E-state index in [1.807, 2.05) is 35.0 Å². The summed E-state index contributed by atoms with van der Waals surface area (Å²) in [6.07, 6.45) is 6.18. The van der Waals surface area contributed by atoms with Crippen molar-refractivity contribution in [2.45, 2.75) is 13.0 Å². The summed E-state index contributed by atoms with van der Waals surface area (Å²) in [6, 6.07) is 13.2. The second kappa shape index (κ2) is 7.31. The number of carbonyl (C=O) groups excluding carboxylic acids is 1. The van der Waals surface area contributed by atoms with Gasteiger partial charge in [-0.1, -0.05) is 18.2 Å². The molecule has 2 aromatic carbocycles. The Bertz CT molecular complexity index is 906. The molecule has 2 heterocycles. The van der Waals surface area contributed by atoms with Crippen molar-refractivity contribution in [1.29, 1.82) is 0 Å². The maximum atomic E-state index is 12.6. The normalized spacial score (nSPS) is 13.1. The Morgan fingerprint density at radius 2 is 1.96 bits per heavy atom. The molecule has 26 heavy (non-hydrogen) atoms. The molecule has 4 rings (SSSR count). The Balaban J connectivity index is 1.49. The third-order valence-corrected chi connectivity index (χ3v) is 4.22. The Labute approximate surface area is 151 Å². The van der Waals surface area contributed by atoms with Crippen LogP contribution in [0, 0.1) is 0 Å². The maximum absolute atomic E-state index is 12.6. The van der Waals surface area contributed by atoms with Crippen LogP contribution in [0.5, 0.6) is 11.5 Å². The van der Waals surface area contributed by atoms with E-state index in [0.717, 1.165) is 17.7 Å². The van der Waals surface area contributed by atoms with E-state index in [2.05, 4.69) is 10.3 Å². The summed E-state index contributed by atoms with van der Waals surface area (Å²) >= 11 is 0. The minimum absolute atomic E-state index is 0.152. The van der Waals surface area contributed by atoms with Crippen LogP contribution in [0.3, 0.4) is 0 Å². The number of fused-ring (bicyclic) bond motifs is 1. The fourth-order valence-corrected chi connectivity index (χ4v) is 2.90. The molecule has 0 spiro atoms. The Morgan fingerprint density at radius 3 is 2.81 bits per heavy atom. The Morgan fingerprint density at radius 1 is 1.12 bits per heavy atom. The summed E-state index contributed by atoms with van der Waals surface area (Å²) < 4.78 is 13.2. The van der Waals surface area contributed by atoms with Gasteiger partial charge in [-0.3, -0.25) is 4.79 Å². The second-order valence-electron chi connectivity index (χ2n) is 5.99. The van der Waals surface area contributed by atoms with Crippen LogP contribution < -0.4 is 14.8 Å². The fourth-order valence-electron chi connectivity index (χ4n) is 2.90.